The molecule has 2 saturated heterocycles. The van der Waals surface area contributed by atoms with Crippen LogP contribution in [0.25, 0.3) is 0 Å². The number of piperazine rings is 1. The van der Waals surface area contributed by atoms with Crippen LogP contribution in [0.4, 0.5) is 5.69 Å². The summed E-state index contributed by atoms with van der Waals surface area (Å²) in [6, 6.07) is 11.5. The molecule has 6 nitrogen and oxygen atoms in total. The number of rotatable bonds is 5. The van der Waals surface area contributed by atoms with E-state index in [0.717, 1.165) is 42.5 Å². The third-order valence-electron chi connectivity index (χ3n) is 5.15. The minimum absolute atomic E-state index is 0.0349. The third-order valence-corrected chi connectivity index (χ3v) is 6.28. The summed E-state index contributed by atoms with van der Waals surface area (Å²) in [5.41, 5.74) is 1.72. The number of ether oxygens (including phenoxy) is 2. The Kier molecular flexibility index (Phi) is 5.90. The molecule has 0 radical (unpaired) electrons. The number of amides is 1. The van der Waals surface area contributed by atoms with E-state index < -0.39 is 0 Å². The van der Waals surface area contributed by atoms with Gasteiger partial charge in [-0.25, -0.2) is 4.98 Å². The molecule has 3 heterocycles. The monoisotopic (exact) mass is 399 g/mol. The molecule has 4 rings (SSSR count). The Morgan fingerprint density at radius 2 is 2.00 bits per heavy atom. The molecule has 0 saturated carbocycles. The Labute approximate surface area is 169 Å². The van der Waals surface area contributed by atoms with Crippen LogP contribution in [0.15, 0.2) is 42.6 Å². The molecule has 0 aliphatic carbocycles. The predicted octanol–water partition coefficient (Wildman–Crippen LogP) is 2.94. The van der Waals surface area contributed by atoms with Crippen LogP contribution in [-0.2, 0) is 0 Å². The lowest BCUT2D eigenvalue weighted by molar-refractivity contribution is 0.0745. The standard InChI is InChI=1S/C21H25N3O3S/c1-26-19-5-3-2-4-18(19)23-9-11-24(12-10-23)21(25)16-6-8-22-20(14-16)27-17-7-13-28-15-17/h2-6,8,14,17H,7,9-13,15H2,1H3. The molecule has 0 N–H and O–H groups in total. The molecule has 2 aromatic rings. The van der Waals surface area contributed by atoms with Crippen molar-refractivity contribution in [1.29, 1.82) is 0 Å². The van der Waals surface area contributed by atoms with E-state index >= 15 is 0 Å². The zero-order chi connectivity index (χ0) is 19.3. The fourth-order valence-electron chi connectivity index (χ4n) is 3.61. The van der Waals surface area contributed by atoms with E-state index in [-0.39, 0.29) is 12.0 Å². The van der Waals surface area contributed by atoms with Gasteiger partial charge in [0.05, 0.1) is 12.8 Å². The van der Waals surface area contributed by atoms with Crippen molar-refractivity contribution in [2.45, 2.75) is 12.5 Å². The van der Waals surface area contributed by atoms with Gasteiger partial charge in [-0.05, 0) is 30.4 Å². The number of benzene rings is 1. The minimum atomic E-state index is 0.0349. The highest BCUT2D eigenvalue weighted by Gasteiger charge is 2.24. The molecule has 2 aliphatic heterocycles. The summed E-state index contributed by atoms with van der Waals surface area (Å²) >= 11 is 1.89. The van der Waals surface area contributed by atoms with Crippen molar-refractivity contribution in [2.24, 2.45) is 0 Å². The van der Waals surface area contributed by atoms with Crippen LogP contribution in [0.2, 0.25) is 0 Å². The number of anilines is 1. The van der Waals surface area contributed by atoms with Gasteiger partial charge in [0, 0.05) is 49.8 Å². The molecule has 0 bridgehead atoms. The largest absolute Gasteiger partial charge is 0.495 e. The number of thioether (sulfide) groups is 1. The Bertz CT molecular complexity index is 818. The fraction of sp³-hybridized carbons (Fsp3) is 0.429. The lowest BCUT2D eigenvalue weighted by Crippen LogP contribution is -2.48. The van der Waals surface area contributed by atoms with Gasteiger partial charge in [0.1, 0.15) is 11.9 Å². The topological polar surface area (TPSA) is 54.9 Å². The first-order chi connectivity index (χ1) is 13.7. The van der Waals surface area contributed by atoms with E-state index in [1.807, 2.05) is 34.9 Å². The molecule has 1 unspecified atom stereocenters. The van der Waals surface area contributed by atoms with Crippen molar-refractivity contribution < 1.29 is 14.3 Å². The average Bonchev–Trinajstić information content (AvgIpc) is 3.26. The molecular formula is C21H25N3O3S. The first kappa shape index (κ1) is 18.9. The lowest BCUT2D eigenvalue weighted by atomic mass is 10.2. The molecule has 2 aliphatic rings. The quantitative estimate of drug-likeness (QED) is 0.771. The van der Waals surface area contributed by atoms with Crippen molar-refractivity contribution in [1.82, 2.24) is 9.88 Å². The molecule has 1 atom stereocenters. The number of hydrogen-bond acceptors (Lipinski definition) is 6. The molecule has 28 heavy (non-hydrogen) atoms. The van der Waals surface area contributed by atoms with Crippen LogP contribution >= 0.6 is 11.8 Å². The lowest BCUT2D eigenvalue weighted by Gasteiger charge is -2.36. The number of nitrogens with zero attached hydrogens (tertiary/aromatic N) is 3. The zero-order valence-electron chi connectivity index (χ0n) is 16.0. The summed E-state index contributed by atoms with van der Waals surface area (Å²) in [4.78, 5) is 21.4. The maximum absolute atomic E-state index is 13.0. The van der Waals surface area contributed by atoms with Crippen molar-refractivity contribution >= 4 is 23.4 Å². The number of hydrogen-bond donors (Lipinski definition) is 0. The van der Waals surface area contributed by atoms with Gasteiger partial charge in [-0.3, -0.25) is 4.79 Å². The molecule has 2 fully saturated rings. The number of methoxy groups -OCH3 is 1. The van der Waals surface area contributed by atoms with Crippen molar-refractivity contribution in [3.8, 4) is 11.6 Å². The van der Waals surface area contributed by atoms with Gasteiger partial charge in [-0.2, -0.15) is 11.8 Å². The highest BCUT2D eigenvalue weighted by atomic mass is 32.2. The maximum Gasteiger partial charge on any atom is 0.254 e. The van der Waals surface area contributed by atoms with E-state index in [1.165, 1.54) is 0 Å². The molecule has 7 heteroatoms. The predicted molar refractivity (Wildman–Crippen MR) is 112 cm³/mol. The molecule has 148 valence electrons. The Hall–Kier alpha value is -2.41. The summed E-state index contributed by atoms with van der Waals surface area (Å²) in [6.45, 7) is 2.91. The third kappa shape index (κ3) is 4.19. The van der Waals surface area contributed by atoms with Gasteiger partial charge in [-0.1, -0.05) is 12.1 Å². The molecule has 0 spiro atoms. The number of aromatic nitrogens is 1. The second-order valence-corrected chi connectivity index (χ2v) is 8.09. The van der Waals surface area contributed by atoms with Crippen molar-refractivity contribution in [3.05, 3.63) is 48.2 Å². The van der Waals surface area contributed by atoms with Gasteiger partial charge in [0.25, 0.3) is 5.91 Å². The number of carbonyl (C=O) groups is 1. The van der Waals surface area contributed by atoms with E-state index in [2.05, 4.69) is 16.0 Å². The molecule has 1 aromatic heterocycles. The Morgan fingerprint density at radius 1 is 1.18 bits per heavy atom. The Balaban J connectivity index is 1.38. The zero-order valence-corrected chi connectivity index (χ0v) is 16.9. The highest BCUT2D eigenvalue weighted by Crippen LogP contribution is 2.28. The second kappa shape index (κ2) is 8.73. The SMILES string of the molecule is COc1ccccc1N1CCN(C(=O)c2ccnc(OC3CCSC3)c2)CC1. The molecule has 1 amide bonds. The van der Waals surface area contributed by atoms with E-state index in [1.54, 1.807) is 25.4 Å². The summed E-state index contributed by atoms with van der Waals surface area (Å²) < 4.78 is 11.4. The average molecular weight is 400 g/mol. The van der Waals surface area contributed by atoms with E-state index in [9.17, 15) is 4.79 Å². The first-order valence-electron chi connectivity index (χ1n) is 9.62. The number of carbonyl (C=O) groups excluding carboxylic acids is 1. The summed E-state index contributed by atoms with van der Waals surface area (Å²) in [7, 11) is 1.69. The molecular weight excluding hydrogens is 374 g/mol. The van der Waals surface area contributed by atoms with Crippen molar-refractivity contribution in [2.75, 3.05) is 49.7 Å². The van der Waals surface area contributed by atoms with Crippen LogP contribution in [0, 0.1) is 0 Å². The maximum atomic E-state index is 13.0. The second-order valence-electron chi connectivity index (χ2n) is 6.94. The van der Waals surface area contributed by atoms with E-state index in [0.29, 0.717) is 24.5 Å². The fourth-order valence-corrected chi connectivity index (χ4v) is 4.70. The van der Waals surface area contributed by atoms with E-state index in [4.69, 9.17) is 9.47 Å². The highest BCUT2D eigenvalue weighted by molar-refractivity contribution is 7.99. The molecule has 1 aromatic carbocycles. The van der Waals surface area contributed by atoms with Gasteiger partial charge in [0.15, 0.2) is 0 Å². The summed E-state index contributed by atoms with van der Waals surface area (Å²) in [5, 5.41) is 0. The van der Waals surface area contributed by atoms with Crippen LogP contribution in [0.3, 0.4) is 0 Å². The number of para-hydroxylation sites is 2. The summed E-state index contributed by atoms with van der Waals surface area (Å²) in [5.74, 6) is 3.56. The van der Waals surface area contributed by atoms with Crippen LogP contribution in [0.5, 0.6) is 11.6 Å². The van der Waals surface area contributed by atoms with Crippen LogP contribution in [-0.4, -0.2) is 66.7 Å². The van der Waals surface area contributed by atoms with Gasteiger partial charge in [-0.15, -0.1) is 0 Å². The minimum Gasteiger partial charge on any atom is -0.495 e. The van der Waals surface area contributed by atoms with Crippen molar-refractivity contribution in [3.63, 3.8) is 0 Å². The van der Waals surface area contributed by atoms with Gasteiger partial charge < -0.3 is 19.3 Å². The van der Waals surface area contributed by atoms with Gasteiger partial charge >= 0.3 is 0 Å². The first-order valence-corrected chi connectivity index (χ1v) is 10.8. The number of pyridine rings is 1. The normalized spacial score (nSPS) is 19.5. The Morgan fingerprint density at radius 3 is 2.75 bits per heavy atom. The summed E-state index contributed by atoms with van der Waals surface area (Å²) in [6.07, 6.45) is 2.90. The van der Waals surface area contributed by atoms with Gasteiger partial charge in [0.2, 0.25) is 5.88 Å². The van der Waals surface area contributed by atoms with Crippen LogP contribution < -0.4 is 14.4 Å². The van der Waals surface area contributed by atoms with Crippen LogP contribution in [0.1, 0.15) is 16.8 Å². The smallest absolute Gasteiger partial charge is 0.254 e.